The highest BCUT2D eigenvalue weighted by molar-refractivity contribution is 5.89. The number of phenols is 1. The molecule has 8 heteroatoms. The quantitative estimate of drug-likeness (QED) is 0.690. The fourth-order valence-electron chi connectivity index (χ4n) is 4.54. The van der Waals surface area contributed by atoms with E-state index in [4.69, 9.17) is 4.74 Å². The van der Waals surface area contributed by atoms with E-state index in [0.717, 1.165) is 19.3 Å². The van der Waals surface area contributed by atoms with Gasteiger partial charge in [-0.25, -0.2) is 4.39 Å². The first-order valence-electron chi connectivity index (χ1n) is 10.2. The van der Waals surface area contributed by atoms with Gasteiger partial charge in [0, 0.05) is 48.8 Å². The second kappa shape index (κ2) is 7.36. The maximum atomic E-state index is 14.7. The van der Waals surface area contributed by atoms with Gasteiger partial charge in [0.25, 0.3) is 5.56 Å². The Morgan fingerprint density at radius 1 is 1.23 bits per heavy atom. The van der Waals surface area contributed by atoms with E-state index in [0.29, 0.717) is 28.5 Å². The molecule has 4 atom stereocenters. The maximum absolute atomic E-state index is 14.7. The number of phenolic OH excluding ortho intramolecular Hbond substituents is 1. The number of hydrogen-bond donors (Lipinski definition) is 2. The third-order valence-corrected chi connectivity index (χ3v) is 6.16. The number of rotatable bonds is 3. The van der Waals surface area contributed by atoms with Crippen LogP contribution in [-0.4, -0.2) is 44.2 Å². The van der Waals surface area contributed by atoms with Crippen molar-refractivity contribution >= 4 is 10.8 Å². The third-order valence-electron chi connectivity index (χ3n) is 6.16. The lowest BCUT2D eigenvalue weighted by Gasteiger charge is -2.42. The number of ether oxygens (including phenoxy) is 1. The van der Waals surface area contributed by atoms with Crippen LogP contribution >= 0.6 is 0 Å². The van der Waals surface area contributed by atoms with Crippen LogP contribution in [0.15, 0.2) is 41.3 Å². The number of aromatic nitrogens is 3. The molecule has 2 aromatic heterocycles. The highest BCUT2D eigenvalue weighted by atomic mass is 19.1. The molecule has 2 N–H and O–H groups in total. The normalized spacial score (nSPS) is 25.9. The van der Waals surface area contributed by atoms with E-state index in [1.165, 1.54) is 4.57 Å². The first-order chi connectivity index (χ1) is 14.5. The molecule has 0 unspecified atom stereocenters. The summed E-state index contributed by atoms with van der Waals surface area (Å²) in [6.07, 6.45) is 3.54. The number of fused-ring (bicyclic) bond motifs is 3. The Balaban J connectivity index is 1.41. The average Bonchev–Trinajstić information content (AvgIpc) is 2.75. The number of aromatic hydroxyl groups is 1. The summed E-state index contributed by atoms with van der Waals surface area (Å²) in [5, 5.41) is 23.1. The summed E-state index contributed by atoms with van der Waals surface area (Å²) in [5.41, 5.74) is 0.656. The fraction of sp³-hybridized carbons (Fsp3) is 0.409. The summed E-state index contributed by atoms with van der Waals surface area (Å²) >= 11 is 0. The van der Waals surface area contributed by atoms with Crippen molar-refractivity contribution in [1.29, 1.82) is 0 Å². The molecular weight excluding hydrogens is 387 g/mol. The number of hydrogen-bond acceptors (Lipinski definition) is 6. The van der Waals surface area contributed by atoms with Gasteiger partial charge >= 0.3 is 0 Å². The lowest BCUT2D eigenvalue weighted by molar-refractivity contribution is 0.00652. The predicted molar refractivity (Wildman–Crippen MR) is 110 cm³/mol. The van der Waals surface area contributed by atoms with Gasteiger partial charge in [0.1, 0.15) is 11.9 Å². The molecule has 3 aromatic rings. The predicted octanol–water partition coefficient (Wildman–Crippen LogP) is 2.70. The Bertz CT molecular complexity index is 1150. The number of piperidine rings is 2. The van der Waals surface area contributed by atoms with Gasteiger partial charge in [0.05, 0.1) is 5.69 Å². The van der Waals surface area contributed by atoms with E-state index in [2.05, 4.69) is 15.5 Å². The van der Waals surface area contributed by atoms with Gasteiger partial charge < -0.3 is 19.7 Å². The smallest absolute Gasteiger partial charge is 0.258 e. The van der Waals surface area contributed by atoms with Crippen LogP contribution in [0.3, 0.4) is 0 Å². The number of halogens is 1. The van der Waals surface area contributed by atoms with Crippen LogP contribution in [0.5, 0.6) is 11.6 Å². The van der Waals surface area contributed by atoms with Crippen LogP contribution < -0.4 is 15.6 Å². The van der Waals surface area contributed by atoms with Crippen molar-refractivity contribution in [3.8, 4) is 22.9 Å². The van der Waals surface area contributed by atoms with Crippen LogP contribution in [0.1, 0.15) is 25.7 Å². The van der Waals surface area contributed by atoms with E-state index >= 15 is 0 Å². The molecule has 5 rings (SSSR count). The molecule has 0 aliphatic carbocycles. The van der Waals surface area contributed by atoms with Crippen molar-refractivity contribution in [2.24, 2.45) is 7.05 Å². The second-order valence-corrected chi connectivity index (χ2v) is 8.18. The zero-order valence-corrected chi connectivity index (χ0v) is 16.6. The van der Waals surface area contributed by atoms with Crippen LogP contribution in [0.4, 0.5) is 4.39 Å². The molecule has 2 saturated heterocycles. The summed E-state index contributed by atoms with van der Waals surface area (Å²) in [4.78, 5) is 12.4. The minimum Gasteiger partial charge on any atom is -0.507 e. The molecule has 156 valence electrons. The van der Waals surface area contributed by atoms with Gasteiger partial charge in [0.2, 0.25) is 5.88 Å². The molecule has 0 radical (unpaired) electrons. The van der Waals surface area contributed by atoms with E-state index in [-0.39, 0.29) is 29.3 Å². The molecule has 2 bridgehead atoms. The topological polar surface area (TPSA) is 89.3 Å². The lowest BCUT2D eigenvalue weighted by Crippen LogP contribution is -2.59. The first kappa shape index (κ1) is 19.0. The van der Waals surface area contributed by atoms with Crippen molar-refractivity contribution < 1.29 is 14.2 Å². The van der Waals surface area contributed by atoms with Crippen molar-refractivity contribution in [3.63, 3.8) is 0 Å². The van der Waals surface area contributed by atoms with Crippen molar-refractivity contribution in [1.82, 2.24) is 20.1 Å². The lowest BCUT2D eigenvalue weighted by atomic mass is 9.84. The standard InChI is InChI=1S/C22H23FN4O3/c1-27-8-7-12-9-18(28)15(11-14(12)22(27)29)16-5-6-20(26-25-16)30-19-10-13-3-2-4-17(24-13)21(19)23/h5-9,11,13,17,19,21,24,28H,2-4,10H2,1H3/t13-,17+,19-,21+/m1/s1. The summed E-state index contributed by atoms with van der Waals surface area (Å²) in [7, 11) is 1.67. The minimum atomic E-state index is -1.08. The number of pyridine rings is 1. The van der Waals surface area contributed by atoms with Gasteiger partial charge in [-0.2, -0.15) is 0 Å². The summed E-state index contributed by atoms with van der Waals surface area (Å²) < 4.78 is 22.0. The molecule has 30 heavy (non-hydrogen) atoms. The Kier molecular flexibility index (Phi) is 4.66. The van der Waals surface area contributed by atoms with Crippen LogP contribution in [-0.2, 0) is 7.05 Å². The van der Waals surface area contributed by atoms with Gasteiger partial charge in [-0.1, -0.05) is 6.42 Å². The number of aryl methyl sites for hydroxylation is 1. The van der Waals surface area contributed by atoms with E-state index in [1.807, 2.05) is 0 Å². The molecule has 7 nitrogen and oxygen atoms in total. The Morgan fingerprint density at radius 3 is 2.90 bits per heavy atom. The summed E-state index contributed by atoms with van der Waals surface area (Å²) in [5.74, 6) is 0.260. The van der Waals surface area contributed by atoms with Crippen molar-refractivity contribution in [2.45, 2.75) is 50.0 Å². The van der Waals surface area contributed by atoms with Crippen LogP contribution in [0.2, 0.25) is 0 Å². The molecule has 2 aliphatic rings. The fourth-order valence-corrected chi connectivity index (χ4v) is 4.54. The highest BCUT2D eigenvalue weighted by Crippen LogP contribution is 2.33. The minimum absolute atomic E-state index is 0.00808. The number of nitrogens with zero attached hydrogens (tertiary/aromatic N) is 3. The SMILES string of the molecule is Cn1ccc2cc(O)c(-c3ccc(O[C@@H]4C[C@H]5CCC[C@H](N5)[C@@H]4F)nn3)cc2c1=O. The van der Waals surface area contributed by atoms with Gasteiger partial charge in [-0.05, 0) is 42.5 Å². The molecule has 0 spiro atoms. The van der Waals surface area contributed by atoms with Crippen LogP contribution in [0, 0.1) is 0 Å². The molecule has 1 aromatic carbocycles. The Hall–Kier alpha value is -3.00. The maximum Gasteiger partial charge on any atom is 0.258 e. The zero-order valence-electron chi connectivity index (χ0n) is 16.6. The van der Waals surface area contributed by atoms with E-state index in [9.17, 15) is 14.3 Å². The Labute approximate surface area is 172 Å². The van der Waals surface area contributed by atoms with Crippen molar-refractivity contribution in [2.75, 3.05) is 0 Å². The van der Waals surface area contributed by atoms with Crippen molar-refractivity contribution in [3.05, 3.63) is 46.9 Å². The number of nitrogens with one attached hydrogen (secondary N) is 1. The van der Waals surface area contributed by atoms with Gasteiger partial charge in [-0.15, -0.1) is 10.2 Å². The molecule has 2 aliphatic heterocycles. The molecule has 2 fully saturated rings. The second-order valence-electron chi connectivity index (χ2n) is 8.18. The van der Waals surface area contributed by atoms with Gasteiger partial charge in [0.15, 0.2) is 6.17 Å². The zero-order chi connectivity index (χ0) is 20.8. The number of alkyl halides is 1. The molecule has 4 heterocycles. The van der Waals surface area contributed by atoms with E-state index < -0.39 is 12.3 Å². The average molecular weight is 410 g/mol. The van der Waals surface area contributed by atoms with E-state index in [1.54, 1.807) is 43.6 Å². The monoisotopic (exact) mass is 410 g/mol. The molecular formula is C22H23FN4O3. The highest BCUT2D eigenvalue weighted by Gasteiger charge is 2.41. The first-order valence-corrected chi connectivity index (χ1v) is 10.2. The molecule has 0 amide bonds. The summed E-state index contributed by atoms with van der Waals surface area (Å²) in [6.45, 7) is 0. The third kappa shape index (κ3) is 3.31. The Morgan fingerprint density at radius 2 is 2.10 bits per heavy atom. The largest absolute Gasteiger partial charge is 0.507 e. The van der Waals surface area contributed by atoms with Gasteiger partial charge in [-0.3, -0.25) is 4.79 Å². The number of benzene rings is 1. The molecule has 0 saturated carbocycles. The summed E-state index contributed by atoms with van der Waals surface area (Å²) in [6, 6.07) is 8.33. The van der Waals surface area contributed by atoms with Crippen LogP contribution in [0.25, 0.3) is 22.0 Å².